The van der Waals surface area contributed by atoms with Gasteiger partial charge in [0.25, 0.3) is 0 Å². The molecule has 5 rings (SSSR count). The molecule has 5 aromatic rings. The Bertz CT molecular complexity index is 1430. The second-order valence-electron chi connectivity index (χ2n) is 8.27. The Kier molecular flexibility index (Phi) is 6.61. The smallest absolute Gasteiger partial charge is 0.323 e. The summed E-state index contributed by atoms with van der Waals surface area (Å²) in [5, 5.41) is 15.6. The first-order valence-electron chi connectivity index (χ1n) is 11.6. The van der Waals surface area contributed by atoms with Crippen LogP contribution in [-0.2, 0) is 11.3 Å². The van der Waals surface area contributed by atoms with E-state index >= 15 is 0 Å². The molecule has 0 spiro atoms. The second kappa shape index (κ2) is 10.3. The molecule has 178 valence electrons. The van der Waals surface area contributed by atoms with Crippen molar-refractivity contribution in [2.75, 3.05) is 13.2 Å². The number of carboxylic acids is 1. The molecule has 0 saturated carbocycles. The van der Waals surface area contributed by atoms with Crippen LogP contribution in [0.1, 0.15) is 19.3 Å². The van der Waals surface area contributed by atoms with Gasteiger partial charge < -0.3 is 19.1 Å². The molecular formula is C27H26N4O4. The van der Waals surface area contributed by atoms with Gasteiger partial charge in [-0.25, -0.2) is 9.67 Å². The van der Waals surface area contributed by atoms with Gasteiger partial charge in [-0.05, 0) is 61.7 Å². The van der Waals surface area contributed by atoms with Crippen molar-refractivity contribution in [1.29, 1.82) is 0 Å². The highest BCUT2D eigenvalue weighted by Gasteiger charge is 2.13. The van der Waals surface area contributed by atoms with Gasteiger partial charge in [0.1, 0.15) is 30.7 Å². The average Bonchev–Trinajstić information content (AvgIpc) is 3.51. The lowest BCUT2D eigenvalue weighted by Crippen LogP contribution is -2.08. The molecule has 0 aliphatic carbocycles. The number of carbonyl (C=O) groups is 1. The van der Waals surface area contributed by atoms with Crippen LogP contribution in [0.4, 0.5) is 0 Å². The summed E-state index contributed by atoms with van der Waals surface area (Å²) in [4.78, 5) is 15.4. The molecule has 0 fully saturated rings. The summed E-state index contributed by atoms with van der Waals surface area (Å²) < 4.78 is 15.3. The maximum atomic E-state index is 11.4. The lowest BCUT2D eigenvalue weighted by molar-refractivity contribution is -0.137. The molecular weight excluding hydrogens is 444 g/mol. The van der Waals surface area contributed by atoms with E-state index in [1.165, 1.54) is 6.33 Å². The predicted octanol–water partition coefficient (Wildman–Crippen LogP) is 5.09. The van der Waals surface area contributed by atoms with E-state index in [0.29, 0.717) is 13.2 Å². The molecule has 0 amide bonds. The van der Waals surface area contributed by atoms with Crippen molar-refractivity contribution < 1.29 is 19.4 Å². The number of hydrogen-bond acceptors (Lipinski definition) is 5. The van der Waals surface area contributed by atoms with Gasteiger partial charge in [-0.3, -0.25) is 4.79 Å². The maximum absolute atomic E-state index is 11.4. The number of para-hydroxylation sites is 1. The van der Waals surface area contributed by atoms with Crippen LogP contribution in [0.2, 0.25) is 0 Å². The van der Waals surface area contributed by atoms with Crippen molar-refractivity contribution in [3.8, 4) is 17.2 Å². The SMILES string of the molecule is O=C(O)Cn1c2ccccc2c2ccc(OCCCCCOc3ccc(-n4cncn4)cc3)cc21. The molecule has 2 heterocycles. The number of carboxylic acid groups (broad SMARTS) is 1. The second-order valence-corrected chi connectivity index (χ2v) is 8.27. The van der Waals surface area contributed by atoms with Crippen LogP contribution >= 0.6 is 0 Å². The van der Waals surface area contributed by atoms with Crippen molar-refractivity contribution in [3.05, 3.63) is 79.4 Å². The standard InChI is InChI=1S/C27H26N4O4/c32-27(33)17-30-25-7-3-2-6-23(25)24-13-12-22(16-26(24)30)35-15-5-1-4-14-34-21-10-8-20(9-11-21)31-19-28-18-29-31/h2-3,6-13,16,18-19H,1,4-5,14-15,17H2,(H,32,33). The van der Waals surface area contributed by atoms with E-state index in [9.17, 15) is 9.90 Å². The minimum absolute atomic E-state index is 0.0867. The van der Waals surface area contributed by atoms with Crippen LogP contribution in [0.5, 0.6) is 11.5 Å². The normalized spacial score (nSPS) is 11.2. The molecule has 2 aromatic heterocycles. The zero-order chi connectivity index (χ0) is 24.0. The number of unbranched alkanes of at least 4 members (excludes halogenated alkanes) is 2. The van der Waals surface area contributed by atoms with Crippen LogP contribution in [0.3, 0.4) is 0 Å². The maximum Gasteiger partial charge on any atom is 0.323 e. The van der Waals surface area contributed by atoms with Gasteiger partial charge in [-0.15, -0.1) is 0 Å². The van der Waals surface area contributed by atoms with E-state index in [1.807, 2.05) is 71.3 Å². The molecule has 35 heavy (non-hydrogen) atoms. The Morgan fingerprint density at radius 2 is 1.54 bits per heavy atom. The van der Waals surface area contributed by atoms with Crippen molar-refractivity contribution >= 4 is 27.8 Å². The lowest BCUT2D eigenvalue weighted by Gasteiger charge is -2.09. The number of ether oxygens (including phenoxy) is 2. The van der Waals surface area contributed by atoms with E-state index in [2.05, 4.69) is 10.1 Å². The molecule has 0 atom stereocenters. The Labute approximate surface area is 202 Å². The van der Waals surface area contributed by atoms with Crippen LogP contribution in [0.15, 0.2) is 79.4 Å². The zero-order valence-electron chi connectivity index (χ0n) is 19.2. The fourth-order valence-electron chi connectivity index (χ4n) is 4.22. The zero-order valence-corrected chi connectivity index (χ0v) is 19.2. The molecule has 0 bridgehead atoms. The Hall–Kier alpha value is -4.33. The number of aromatic nitrogens is 4. The molecule has 1 N–H and O–H groups in total. The minimum atomic E-state index is -0.868. The van der Waals surface area contributed by atoms with Gasteiger partial charge in [-0.1, -0.05) is 18.2 Å². The van der Waals surface area contributed by atoms with Gasteiger partial charge in [-0.2, -0.15) is 5.10 Å². The monoisotopic (exact) mass is 470 g/mol. The molecule has 8 nitrogen and oxygen atoms in total. The van der Waals surface area contributed by atoms with Gasteiger partial charge in [0.05, 0.1) is 24.4 Å². The molecule has 0 aliphatic heterocycles. The topological polar surface area (TPSA) is 91.4 Å². The largest absolute Gasteiger partial charge is 0.494 e. The number of fused-ring (bicyclic) bond motifs is 3. The van der Waals surface area contributed by atoms with E-state index in [1.54, 1.807) is 11.0 Å². The predicted molar refractivity (Wildman–Crippen MR) is 133 cm³/mol. The van der Waals surface area contributed by atoms with Gasteiger partial charge in [0.2, 0.25) is 0 Å². The van der Waals surface area contributed by atoms with E-state index in [-0.39, 0.29) is 6.54 Å². The fraction of sp³-hybridized carbons (Fsp3) is 0.222. The molecule has 8 heteroatoms. The van der Waals surface area contributed by atoms with E-state index < -0.39 is 5.97 Å². The first-order chi connectivity index (χ1) is 17.2. The third kappa shape index (κ3) is 5.11. The number of benzene rings is 3. The van der Waals surface area contributed by atoms with Crippen molar-refractivity contribution in [3.63, 3.8) is 0 Å². The number of hydrogen-bond donors (Lipinski definition) is 1. The lowest BCUT2D eigenvalue weighted by atomic mass is 10.1. The van der Waals surface area contributed by atoms with Crippen molar-refractivity contribution in [2.24, 2.45) is 0 Å². The van der Waals surface area contributed by atoms with Crippen molar-refractivity contribution in [1.82, 2.24) is 19.3 Å². The molecule has 0 aliphatic rings. The Morgan fingerprint density at radius 1 is 0.829 bits per heavy atom. The number of nitrogens with zero attached hydrogens (tertiary/aromatic N) is 4. The molecule has 0 saturated heterocycles. The molecule has 3 aromatic carbocycles. The highest BCUT2D eigenvalue weighted by Crippen LogP contribution is 2.31. The van der Waals surface area contributed by atoms with Crippen LogP contribution in [0, 0.1) is 0 Å². The number of rotatable bonds is 11. The number of aliphatic carboxylic acids is 1. The van der Waals surface area contributed by atoms with E-state index in [0.717, 1.165) is 58.3 Å². The highest BCUT2D eigenvalue weighted by atomic mass is 16.5. The molecule has 0 unspecified atom stereocenters. The Morgan fingerprint density at radius 3 is 2.29 bits per heavy atom. The van der Waals surface area contributed by atoms with Crippen LogP contribution in [-0.4, -0.2) is 43.6 Å². The summed E-state index contributed by atoms with van der Waals surface area (Å²) in [6.07, 6.45) is 5.99. The third-order valence-electron chi connectivity index (χ3n) is 5.88. The van der Waals surface area contributed by atoms with Gasteiger partial charge in [0, 0.05) is 22.4 Å². The average molecular weight is 471 g/mol. The minimum Gasteiger partial charge on any atom is -0.494 e. The van der Waals surface area contributed by atoms with Crippen molar-refractivity contribution in [2.45, 2.75) is 25.8 Å². The summed E-state index contributed by atoms with van der Waals surface area (Å²) in [5.74, 6) is 0.707. The Balaban J connectivity index is 1.10. The summed E-state index contributed by atoms with van der Waals surface area (Å²) in [5.41, 5.74) is 2.72. The molecule has 0 radical (unpaired) electrons. The fourth-order valence-corrected chi connectivity index (χ4v) is 4.22. The van der Waals surface area contributed by atoms with Crippen LogP contribution in [0.25, 0.3) is 27.5 Å². The van der Waals surface area contributed by atoms with Crippen LogP contribution < -0.4 is 9.47 Å². The summed E-state index contributed by atoms with van der Waals surface area (Å²) in [7, 11) is 0. The quantitative estimate of drug-likeness (QED) is 0.271. The highest BCUT2D eigenvalue weighted by molar-refractivity contribution is 6.08. The first kappa shape index (κ1) is 22.5. The first-order valence-corrected chi connectivity index (χ1v) is 11.6. The summed E-state index contributed by atoms with van der Waals surface area (Å²) in [6, 6.07) is 21.5. The van der Waals surface area contributed by atoms with Gasteiger partial charge >= 0.3 is 5.97 Å². The summed E-state index contributed by atoms with van der Waals surface area (Å²) >= 11 is 0. The third-order valence-corrected chi connectivity index (χ3v) is 5.88. The summed E-state index contributed by atoms with van der Waals surface area (Å²) in [6.45, 7) is 1.15. The van der Waals surface area contributed by atoms with E-state index in [4.69, 9.17) is 9.47 Å². The van der Waals surface area contributed by atoms with Gasteiger partial charge in [0.15, 0.2) is 0 Å².